The Kier molecular flexibility index (Phi) is 4.24. The van der Waals surface area contributed by atoms with Crippen LogP contribution < -0.4 is 15.0 Å². The van der Waals surface area contributed by atoms with Gasteiger partial charge < -0.3 is 15.0 Å². The van der Waals surface area contributed by atoms with Crippen LogP contribution in [0.1, 0.15) is 28.8 Å². The first kappa shape index (κ1) is 18.7. The number of nitrogens with one attached hydrogen (secondary N) is 1. The lowest BCUT2D eigenvalue weighted by Gasteiger charge is -2.39. The van der Waals surface area contributed by atoms with Crippen molar-refractivity contribution < 1.29 is 4.74 Å². The lowest BCUT2D eigenvalue weighted by Crippen LogP contribution is -2.32. The van der Waals surface area contributed by atoms with Crippen LogP contribution in [0.3, 0.4) is 0 Å². The number of hydrogen-bond donors (Lipinski definition) is 1. The van der Waals surface area contributed by atoms with Crippen LogP contribution in [0.4, 0.5) is 11.6 Å². The van der Waals surface area contributed by atoms with E-state index in [9.17, 15) is 0 Å². The van der Waals surface area contributed by atoms with Crippen LogP contribution in [-0.4, -0.2) is 28.9 Å². The predicted octanol–water partition coefficient (Wildman–Crippen LogP) is 4.90. The van der Waals surface area contributed by atoms with Gasteiger partial charge in [0.15, 0.2) is 0 Å². The molecule has 0 saturated heterocycles. The fourth-order valence-corrected chi connectivity index (χ4v) is 4.60. The first-order valence-electron chi connectivity index (χ1n) is 10.7. The summed E-state index contributed by atoms with van der Waals surface area (Å²) in [5, 5.41) is 8.12. The van der Waals surface area contributed by atoms with Gasteiger partial charge in [0.1, 0.15) is 24.2 Å². The van der Waals surface area contributed by atoms with Crippen molar-refractivity contribution in [3.05, 3.63) is 107 Å². The molecule has 0 radical (unpaired) electrons. The van der Waals surface area contributed by atoms with Crippen molar-refractivity contribution in [2.45, 2.75) is 12.1 Å². The molecule has 0 saturated carbocycles. The van der Waals surface area contributed by atoms with Crippen LogP contribution in [0.25, 0.3) is 5.70 Å². The molecule has 3 aromatic carbocycles. The van der Waals surface area contributed by atoms with E-state index in [-0.39, 0.29) is 12.1 Å². The lowest BCUT2D eigenvalue weighted by molar-refractivity contribution is 0.223. The van der Waals surface area contributed by atoms with E-state index in [1.165, 1.54) is 0 Å². The topological polar surface area (TPSA) is 55.2 Å². The Hall–Kier alpha value is -4.06. The Balaban J connectivity index is 1.58. The van der Waals surface area contributed by atoms with Gasteiger partial charge in [0.25, 0.3) is 0 Å². The quantitative estimate of drug-likeness (QED) is 0.510. The number of para-hydroxylation sites is 1. The second-order valence-corrected chi connectivity index (χ2v) is 8.28. The van der Waals surface area contributed by atoms with E-state index in [2.05, 4.69) is 74.9 Å². The summed E-state index contributed by atoms with van der Waals surface area (Å²) < 4.78 is 8.61. The van der Waals surface area contributed by atoms with Crippen LogP contribution in [0.2, 0.25) is 0 Å². The maximum atomic E-state index is 6.66. The minimum atomic E-state index is -0.258. The van der Waals surface area contributed by atoms with Gasteiger partial charge in [-0.25, -0.2) is 4.68 Å². The highest BCUT2D eigenvalue weighted by Gasteiger charge is 2.40. The number of nitrogens with zero attached hydrogens (tertiary/aromatic N) is 4. The summed E-state index contributed by atoms with van der Waals surface area (Å²) >= 11 is 0. The summed E-state index contributed by atoms with van der Waals surface area (Å²) in [5.41, 5.74) is 6.61. The van der Waals surface area contributed by atoms with Crippen LogP contribution in [0, 0.1) is 0 Å². The van der Waals surface area contributed by atoms with Gasteiger partial charge >= 0.3 is 0 Å². The number of fused-ring (bicyclic) bond motifs is 3. The van der Waals surface area contributed by atoms with Crippen molar-refractivity contribution in [1.29, 1.82) is 0 Å². The Morgan fingerprint density at radius 3 is 2.41 bits per heavy atom. The molecular weight excluding hydrogens is 398 g/mol. The molecule has 2 unspecified atom stereocenters. The number of ether oxygens (including phenoxy) is 1. The van der Waals surface area contributed by atoms with Crippen molar-refractivity contribution in [3.8, 4) is 5.75 Å². The van der Waals surface area contributed by atoms with E-state index in [1.54, 1.807) is 6.33 Å². The number of hydrogen-bond acceptors (Lipinski definition) is 5. The van der Waals surface area contributed by atoms with Crippen LogP contribution in [-0.2, 0) is 0 Å². The third-order valence-electron chi connectivity index (χ3n) is 6.15. The van der Waals surface area contributed by atoms with Gasteiger partial charge in [0, 0.05) is 30.9 Å². The molecule has 32 heavy (non-hydrogen) atoms. The molecule has 2 aliphatic rings. The van der Waals surface area contributed by atoms with Crippen LogP contribution in [0.5, 0.6) is 5.75 Å². The molecule has 1 N–H and O–H groups in total. The molecule has 1 aromatic heterocycles. The number of anilines is 2. The zero-order valence-corrected chi connectivity index (χ0v) is 17.9. The van der Waals surface area contributed by atoms with Crippen LogP contribution in [0.15, 0.2) is 90.8 Å². The summed E-state index contributed by atoms with van der Waals surface area (Å²) in [6.45, 7) is 0. The molecule has 3 heterocycles. The molecule has 158 valence electrons. The van der Waals surface area contributed by atoms with E-state index in [0.717, 1.165) is 45.3 Å². The molecule has 2 atom stereocenters. The lowest BCUT2D eigenvalue weighted by atomic mass is 9.84. The fraction of sp³-hybridized carbons (Fsp3) is 0.154. The molecule has 4 aromatic rings. The van der Waals surface area contributed by atoms with E-state index < -0.39 is 0 Å². The summed E-state index contributed by atoms with van der Waals surface area (Å²) in [7, 11) is 4.09. The number of rotatable bonds is 3. The predicted molar refractivity (Wildman–Crippen MR) is 126 cm³/mol. The molecule has 6 nitrogen and oxygen atoms in total. The standard InChI is InChI=1S/C26H23N5O/c1-30(2)19-14-12-18(13-15-19)25-22-23(20-10-6-7-11-21(20)32-25)29-26-27-16-28-31(26)24(22)17-8-4-3-5-9-17/h3-16,24-25H,1-2H3,(H,27,28,29). The summed E-state index contributed by atoms with van der Waals surface area (Å²) in [4.78, 5) is 6.58. The molecule has 0 aliphatic carbocycles. The molecule has 0 amide bonds. The normalized spacial score (nSPS) is 18.7. The van der Waals surface area contributed by atoms with Crippen molar-refractivity contribution in [2.75, 3.05) is 24.3 Å². The second kappa shape index (κ2) is 7.27. The third-order valence-corrected chi connectivity index (χ3v) is 6.15. The third kappa shape index (κ3) is 2.87. The maximum absolute atomic E-state index is 6.66. The Morgan fingerprint density at radius 2 is 1.62 bits per heavy atom. The summed E-state index contributed by atoms with van der Waals surface area (Å²) in [5.74, 6) is 1.59. The first-order valence-corrected chi connectivity index (χ1v) is 10.7. The highest BCUT2D eigenvalue weighted by atomic mass is 16.5. The van der Waals surface area contributed by atoms with Gasteiger partial charge in [-0.05, 0) is 35.4 Å². The average Bonchev–Trinajstić information content (AvgIpc) is 3.31. The molecular formula is C26H23N5O. The Bertz CT molecular complexity index is 1310. The van der Waals surface area contributed by atoms with Gasteiger partial charge in [-0.15, -0.1) is 0 Å². The van der Waals surface area contributed by atoms with E-state index in [1.807, 2.05) is 43.0 Å². The maximum Gasteiger partial charge on any atom is 0.226 e. The van der Waals surface area contributed by atoms with Crippen LogP contribution >= 0.6 is 0 Å². The highest BCUT2D eigenvalue weighted by molar-refractivity contribution is 5.85. The molecule has 2 aliphatic heterocycles. The van der Waals surface area contributed by atoms with Crippen molar-refractivity contribution >= 4 is 17.3 Å². The monoisotopic (exact) mass is 421 g/mol. The minimum absolute atomic E-state index is 0.128. The van der Waals surface area contributed by atoms with Crippen molar-refractivity contribution in [2.24, 2.45) is 0 Å². The van der Waals surface area contributed by atoms with Gasteiger partial charge in [-0.3, -0.25) is 0 Å². The summed E-state index contributed by atoms with van der Waals surface area (Å²) in [6, 6.07) is 27.0. The fourth-order valence-electron chi connectivity index (χ4n) is 4.60. The summed E-state index contributed by atoms with van der Waals surface area (Å²) in [6.07, 6.45) is 1.34. The zero-order valence-electron chi connectivity index (χ0n) is 17.9. The molecule has 6 heteroatoms. The minimum Gasteiger partial charge on any atom is -0.480 e. The van der Waals surface area contributed by atoms with Gasteiger partial charge in [0.2, 0.25) is 5.95 Å². The van der Waals surface area contributed by atoms with Gasteiger partial charge in [-0.1, -0.05) is 54.6 Å². The largest absolute Gasteiger partial charge is 0.480 e. The molecule has 0 fully saturated rings. The van der Waals surface area contributed by atoms with E-state index in [4.69, 9.17) is 4.74 Å². The average molecular weight is 422 g/mol. The highest BCUT2D eigenvalue weighted by Crippen LogP contribution is 2.50. The van der Waals surface area contributed by atoms with Crippen molar-refractivity contribution in [1.82, 2.24) is 14.8 Å². The first-order chi connectivity index (χ1) is 15.7. The zero-order chi connectivity index (χ0) is 21.7. The van der Waals surface area contributed by atoms with Crippen molar-refractivity contribution in [3.63, 3.8) is 0 Å². The Morgan fingerprint density at radius 1 is 0.875 bits per heavy atom. The SMILES string of the molecule is CN(C)c1ccc(C2Oc3ccccc3C3=C2C(c2ccccc2)n2ncnc2N3)cc1. The smallest absolute Gasteiger partial charge is 0.226 e. The number of aromatic nitrogens is 3. The Labute approximate surface area is 186 Å². The molecule has 0 bridgehead atoms. The van der Waals surface area contributed by atoms with E-state index >= 15 is 0 Å². The van der Waals surface area contributed by atoms with E-state index in [0.29, 0.717) is 0 Å². The molecule has 6 rings (SSSR count). The van der Waals surface area contributed by atoms with Gasteiger partial charge in [0.05, 0.1) is 5.70 Å². The van der Waals surface area contributed by atoms with Gasteiger partial charge in [-0.2, -0.15) is 10.1 Å². The molecule has 0 spiro atoms. The number of benzene rings is 3. The second-order valence-electron chi connectivity index (χ2n) is 8.28.